The van der Waals surface area contributed by atoms with Crippen LogP contribution in [0.25, 0.3) is 10.9 Å². The maximum absolute atomic E-state index is 14.7. The van der Waals surface area contributed by atoms with Gasteiger partial charge in [-0.25, -0.2) is 19.2 Å². The fraction of sp³-hybridized carbons (Fsp3) is 0.348. The van der Waals surface area contributed by atoms with E-state index in [0.29, 0.717) is 59.8 Å². The molecule has 2 aromatic carbocycles. The largest absolute Gasteiger partial charge is 0.493 e. The Morgan fingerprint density at radius 2 is 2.12 bits per heavy atom. The first-order valence-electron chi connectivity index (χ1n) is 10.6. The highest BCUT2D eigenvalue weighted by Crippen LogP contribution is 2.38. The number of hydrogen-bond donors (Lipinski definition) is 1. The number of halogens is 2. The Morgan fingerprint density at radius 1 is 1.27 bits per heavy atom. The zero-order valence-electron chi connectivity index (χ0n) is 18.1. The number of piperidine rings is 1. The molecule has 8 nitrogen and oxygen atoms in total. The van der Waals surface area contributed by atoms with Crippen LogP contribution in [0.15, 0.2) is 30.6 Å². The van der Waals surface area contributed by atoms with Gasteiger partial charge in [0.2, 0.25) is 0 Å². The van der Waals surface area contributed by atoms with E-state index in [-0.39, 0.29) is 28.9 Å². The average molecular weight is 473 g/mol. The molecular weight excluding hydrogens is 451 g/mol. The number of fused-ring (bicyclic) bond motifs is 2. The summed E-state index contributed by atoms with van der Waals surface area (Å²) in [7, 11) is 1.56. The van der Waals surface area contributed by atoms with Gasteiger partial charge in [0.25, 0.3) is 0 Å². The van der Waals surface area contributed by atoms with Gasteiger partial charge in [-0.3, -0.25) is 0 Å². The molecule has 2 aliphatic heterocycles. The molecule has 1 aromatic heterocycles. The van der Waals surface area contributed by atoms with Gasteiger partial charge in [0.05, 0.1) is 29.4 Å². The SMILES string of the molecule is COc1cc2ncnc(Nc3ccc(C)c(Cl)c3F)c2cc1OC1CCN2C(=O)OCC2C1. The second-order valence-corrected chi connectivity index (χ2v) is 8.49. The third-order valence-corrected chi connectivity index (χ3v) is 6.51. The first kappa shape index (κ1) is 21.5. The minimum absolute atomic E-state index is 0.0116. The summed E-state index contributed by atoms with van der Waals surface area (Å²) in [5, 5.41) is 3.72. The number of aromatic nitrogens is 2. The summed E-state index contributed by atoms with van der Waals surface area (Å²) >= 11 is 6.07. The molecule has 0 bridgehead atoms. The molecule has 172 valence electrons. The minimum atomic E-state index is -0.548. The van der Waals surface area contributed by atoms with Crippen LogP contribution in [0.2, 0.25) is 5.02 Å². The Kier molecular flexibility index (Phi) is 5.57. The summed E-state index contributed by atoms with van der Waals surface area (Å²) in [4.78, 5) is 22.1. The molecule has 3 heterocycles. The number of methoxy groups -OCH3 is 1. The van der Waals surface area contributed by atoms with Crippen molar-refractivity contribution in [1.82, 2.24) is 14.9 Å². The quantitative estimate of drug-likeness (QED) is 0.568. The highest BCUT2D eigenvalue weighted by molar-refractivity contribution is 6.31. The number of benzene rings is 2. The number of amides is 1. The van der Waals surface area contributed by atoms with Gasteiger partial charge in [-0.05, 0) is 24.6 Å². The molecule has 0 aliphatic carbocycles. The lowest BCUT2D eigenvalue weighted by Crippen LogP contribution is -2.44. The highest BCUT2D eigenvalue weighted by Gasteiger charge is 2.39. The number of nitrogens with zero attached hydrogens (tertiary/aromatic N) is 3. The molecule has 2 unspecified atom stereocenters. The molecule has 0 spiro atoms. The van der Waals surface area contributed by atoms with E-state index in [4.69, 9.17) is 25.8 Å². The Morgan fingerprint density at radius 3 is 2.94 bits per heavy atom. The molecule has 2 fully saturated rings. The van der Waals surface area contributed by atoms with E-state index < -0.39 is 5.82 Å². The van der Waals surface area contributed by atoms with Gasteiger partial charge in [-0.15, -0.1) is 0 Å². The number of aryl methyl sites for hydroxylation is 1. The summed E-state index contributed by atoms with van der Waals surface area (Å²) in [5.74, 6) is 0.913. The van der Waals surface area contributed by atoms with Crippen molar-refractivity contribution in [2.75, 3.05) is 25.6 Å². The number of carbonyl (C=O) groups is 1. The van der Waals surface area contributed by atoms with Crippen LogP contribution in [-0.2, 0) is 4.74 Å². The smallest absolute Gasteiger partial charge is 0.410 e. The first-order chi connectivity index (χ1) is 15.9. The van der Waals surface area contributed by atoms with Gasteiger partial charge in [0, 0.05) is 30.8 Å². The van der Waals surface area contributed by atoms with Gasteiger partial charge in [0.1, 0.15) is 24.9 Å². The molecule has 0 saturated carbocycles. The third-order valence-electron chi connectivity index (χ3n) is 6.04. The average Bonchev–Trinajstić information content (AvgIpc) is 3.19. The van der Waals surface area contributed by atoms with Crippen LogP contribution in [-0.4, -0.2) is 53.4 Å². The zero-order chi connectivity index (χ0) is 23.1. The Hall–Kier alpha value is -3.33. The van der Waals surface area contributed by atoms with E-state index in [9.17, 15) is 9.18 Å². The summed E-state index contributed by atoms with van der Waals surface area (Å²) in [6.45, 7) is 2.69. The molecule has 5 rings (SSSR count). The van der Waals surface area contributed by atoms with Gasteiger partial charge >= 0.3 is 6.09 Å². The number of carbonyl (C=O) groups excluding carboxylic acids is 1. The van der Waals surface area contributed by atoms with E-state index in [0.717, 1.165) is 0 Å². The van der Waals surface area contributed by atoms with E-state index in [1.165, 1.54) is 6.33 Å². The minimum Gasteiger partial charge on any atom is -0.493 e. The summed E-state index contributed by atoms with van der Waals surface area (Å²) in [6, 6.07) is 6.90. The molecule has 1 amide bonds. The molecule has 0 radical (unpaired) electrons. The Bertz CT molecular complexity index is 1240. The standard InChI is InChI=1S/C23H22ClFN4O4/c1-12-3-4-16(21(25)20(12)24)28-22-15-8-19(18(31-2)9-17(15)26-11-27-22)33-14-5-6-29-13(7-14)10-32-23(29)30/h3-4,8-9,11,13-14H,5-7,10H2,1-2H3,(H,26,27,28). The fourth-order valence-corrected chi connectivity index (χ4v) is 4.40. The molecule has 33 heavy (non-hydrogen) atoms. The van der Waals surface area contributed by atoms with Gasteiger partial charge in [-0.1, -0.05) is 17.7 Å². The van der Waals surface area contributed by atoms with E-state index in [2.05, 4.69) is 15.3 Å². The first-order valence-corrected chi connectivity index (χ1v) is 11.0. The van der Waals surface area contributed by atoms with Crippen molar-refractivity contribution in [3.05, 3.63) is 47.0 Å². The predicted octanol–water partition coefficient (Wildman–Crippen LogP) is 4.84. The van der Waals surface area contributed by atoms with Crippen LogP contribution in [0.1, 0.15) is 18.4 Å². The maximum Gasteiger partial charge on any atom is 0.410 e. The van der Waals surface area contributed by atoms with Crippen LogP contribution in [0.5, 0.6) is 11.5 Å². The van der Waals surface area contributed by atoms with E-state index >= 15 is 0 Å². The Balaban J connectivity index is 1.46. The molecule has 2 atom stereocenters. The number of nitrogens with one attached hydrogen (secondary N) is 1. The molecule has 2 aliphatic rings. The highest BCUT2D eigenvalue weighted by atomic mass is 35.5. The van der Waals surface area contributed by atoms with Crippen LogP contribution in [0.4, 0.5) is 20.7 Å². The third kappa shape index (κ3) is 3.97. The van der Waals surface area contributed by atoms with Crippen molar-refractivity contribution in [3.63, 3.8) is 0 Å². The zero-order valence-corrected chi connectivity index (χ0v) is 18.9. The summed E-state index contributed by atoms with van der Waals surface area (Å²) in [5.41, 5.74) is 1.47. The van der Waals surface area contributed by atoms with Crippen molar-refractivity contribution < 1.29 is 23.4 Å². The lowest BCUT2D eigenvalue weighted by Gasteiger charge is -2.32. The number of cyclic esters (lactones) is 1. The van der Waals surface area contributed by atoms with Crippen LogP contribution < -0.4 is 14.8 Å². The molecule has 10 heteroatoms. The molecule has 1 N–H and O–H groups in total. The van der Waals surface area contributed by atoms with E-state index in [1.54, 1.807) is 43.2 Å². The van der Waals surface area contributed by atoms with Crippen LogP contribution >= 0.6 is 11.6 Å². The summed E-state index contributed by atoms with van der Waals surface area (Å²) < 4.78 is 31.6. The summed E-state index contributed by atoms with van der Waals surface area (Å²) in [6.07, 6.45) is 2.36. The molecule has 3 aromatic rings. The van der Waals surface area contributed by atoms with Crippen molar-refractivity contribution in [1.29, 1.82) is 0 Å². The normalized spacial score (nSPS) is 19.9. The van der Waals surface area contributed by atoms with Crippen molar-refractivity contribution in [2.24, 2.45) is 0 Å². The number of anilines is 2. The lowest BCUT2D eigenvalue weighted by molar-refractivity contribution is 0.0913. The second kappa shape index (κ2) is 8.55. The number of hydrogen-bond acceptors (Lipinski definition) is 7. The van der Waals surface area contributed by atoms with E-state index in [1.807, 2.05) is 0 Å². The second-order valence-electron chi connectivity index (χ2n) is 8.11. The van der Waals surface area contributed by atoms with Crippen molar-refractivity contribution in [2.45, 2.75) is 31.9 Å². The predicted molar refractivity (Wildman–Crippen MR) is 121 cm³/mol. The number of rotatable bonds is 5. The topological polar surface area (TPSA) is 85.8 Å². The van der Waals surface area contributed by atoms with Crippen LogP contribution in [0.3, 0.4) is 0 Å². The van der Waals surface area contributed by atoms with Crippen molar-refractivity contribution >= 4 is 40.1 Å². The molecule has 2 saturated heterocycles. The molecular formula is C23H22ClFN4O4. The van der Waals surface area contributed by atoms with Crippen LogP contribution in [0, 0.1) is 12.7 Å². The van der Waals surface area contributed by atoms with Crippen molar-refractivity contribution in [3.8, 4) is 11.5 Å². The monoisotopic (exact) mass is 472 g/mol. The number of ether oxygens (including phenoxy) is 3. The van der Waals surface area contributed by atoms with Gasteiger partial charge in [0.15, 0.2) is 17.3 Å². The maximum atomic E-state index is 14.7. The fourth-order valence-electron chi connectivity index (χ4n) is 4.23. The lowest BCUT2D eigenvalue weighted by atomic mass is 10.0. The van der Waals surface area contributed by atoms with Gasteiger partial charge in [-0.2, -0.15) is 0 Å². The Labute approximate surface area is 194 Å². The van der Waals surface area contributed by atoms with Gasteiger partial charge < -0.3 is 24.4 Å².